The molecule has 2 heteroatoms. The van der Waals surface area contributed by atoms with Crippen molar-refractivity contribution < 1.29 is 5.11 Å². The van der Waals surface area contributed by atoms with E-state index in [0.717, 1.165) is 22.9 Å². The Bertz CT molecular complexity index is 405. The fourth-order valence-corrected chi connectivity index (χ4v) is 1.62. The molecular weight excluding hydrogens is 162 g/mol. The smallest absolute Gasteiger partial charge is 0.0794 e. The van der Waals surface area contributed by atoms with Crippen LogP contribution >= 0.6 is 0 Å². The predicted molar refractivity (Wildman–Crippen MR) is 53.5 cm³/mol. The van der Waals surface area contributed by atoms with E-state index in [0.29, 0.717) is 0 Å². The van der Waals surface area contributed by atoms with Crippen molar-refractivity contribution in [3.05, 3.63) is 36.0 Å². The number of H-pyrrole nitrogens is 1. The lowest BCUT2D eigenvalue weighted by atomic mass is 10.0. The van der Waals surface area contributed by atoms with Crippen LogP contribution in [0.2, 0.25) is 0 Å². The topological polar surface area (TPSA) is 36.0 Å². The van der Waals surface area contributed by atoms with Gasteiger partial charge in [-0.25, -0.2) is 0 Å². The first kappa shape index (κ1) is 8.32. The fourth-order valence-electron chi connectivity index (χ4n) is 1.62. The average Bonchev–Trinajstić information content (AvgIpc) is 2.63. The van der Waals surface area contributed by atoms with Crippen molar-refractivity contribution in [2.75, 3.05) is 0 Å². The maximum Gasteiger partial charge on any atom is 0.0794 e. The Balaban J connectivity index is 2.60. The highest BCUT2D eigenvalue weighted by atomic mass is 16.3. The molecule has 1 aromatic heterocycles. The Morgan fingerprint density at radius 1 is 1.38 bits per heavy atom. The van der Waals surface area contributed by atoms with E-state index >= 15 is 0 Å². The molecule has 1 heterocycles. The summed E-state index contributed by atoms with van der Waals surface area (Å²) in [6.07, 6.45) is 2.31. The molecule has 0 amide bonds. The Morgan fingerprint density at radius 3 is 3.00 bits per heavy atom. The molecule has 0 fully saturated rings. The molecular formula is C11H13NO. The molecule has 2 rings (SSSR count). The first-order valence-electron chi connectivity index (χ1n) is 4.57. The standard InChI is InChI=1S/C11H13NO/c1-2-11(13)9-4-3-5-10-8(9)6-7-12-10/h3-7,11-13H,2H2,1H3. The van der Waals surface area contributed by atoms with Gasteiger partial charge in [0.2, 0.25) is 0 Å². The van der Waals surface area contributed by atoms with Gasteiger partial charge in [-0.05, 0) is 24.1 Å². The van der Waals surface area contributed by atoms with Gasteiger partial charge < -0.3 is 10.1 Å². The highest BCUT2D eigenvalue weighted by Gasteiger charge is 2.08. The van der Waals surface area contributed by atoms with Gasteiger partial charge in [0.15, 0.2) is 0 Å². The van der Waals surface area contributed by atoms with E-state index in [4.69, 9.17) is 0 Å². The zero-order chi connectivity index (χ0) is 9.26. The maximum absolute atomic E-state index is 9.73. The van der Waals surface area contributed by atoms with E-state index in [1.54, 1.807) is 0 Å². The van der Waals surface area contributed by atoms with Crippen LogP contribution < -0.4 is 0 Å². The molecule has 0 aliphatic carbocycles. The quantitative estimate of drug-likeness (QED) is 0.723. The number of nitrogens with one attached hydrogen (secondary N) is 1. The number of rotatable bonds is 2. The van der Waals surface area contributed by atoms with Gasteiger partial charge in [-0.15, -0.1) is 0 Å². The molecule has 0 spiro atoms. The molecule has 13 heavy (non-hydrogen) atoms. The van der Waals surface area contributed by atoms with Gasteiger partial charge in [-0.1, -0.05) is 19.1 Å². The first-order valence-corrected chi connectivity index (χ1v) is 4.57. The van der Waals surface area contributed by atoms with Crippen LogP contribution in [0.1, 0.15) is 25.0 Å². The molecule has 0 radical (unpaired) electrons. The van der Waals surface area contributed by atoms with Gasteiger partial charge in [-0.3, -0.25) is 0 Å². The molecule has 0 saturated carbocycles. The molecule has 1 atom stereocenters. The molecule has 2 nitrogen and oxygen atoms in total. The summed E-state index contributed by atoms with van der Waals surface area (Å²) in [5.41, 5.74) is 2.10. The van der Waals surface area contributed by atoms with Crippen LogP contribution in [-0.4, -0.2) is 10.1 Å². The molecule has 0 aliphatic heterocycles. The lowest BCUT2D eigenvalue weighted by Gasteiger charge is -2.08. The molecule has 2 N–H and O–H groups in total. The van der Waals surface area contributed by atoms with Crippen molar-refractivity contribution >= 4 is 10.9 Å². The molecule has 0 saturated heterocycles. The SMILES string of the molecule is CCC(O)c1cccc2[nH]ccc12. The highest BCUT2D eigenvalue weighted by Crippen LogP contribution is 2.24. The monoisotopic (exact) mass is 175 g/mol. The molecule has 0 bridgehead atoms. The second kappa shape index (κ2) is 3.23. The highest BCUT2D eigenvalue weighted by molar-refractivity contribution is 5.83. The molecule has 2 aromatic rings. The third kappa shape index (κ3) is 1.33. The summed E-state index contributed by atoms with van der Waals surface area (Å²) in [6, 6.07) is 7.96. The summed E-state index contributed by atoms with van der Waals surface area (Å²) in [6.45, 7) is 1.98. The van der Waals surface area contributed by atoms with E-state index in [-0.39, 0.29) is 6.10 Å². The van der Waals surface area contributed by atoms with Gasteiger partial charge in [-0.2, -0.15) is 0 Å². The third-order valence-electron chi connectivity index (χ3n) is 2.37. The van der Waals surface area contributed by atoms with Crippen LogP contribution in [0.15, 0.2) is 30.5 Å². The van der Waals surface area contributed by atoms with Crippen molar-refractivity contribution in [2.45, 2.75) is 19.4 Å². The van der Waals surface area contributed by atoms with Crippen LogP contribution in [0.25, 0.3) is 10.9 Å². The summed E-state index contributed by atoms with van der Waals surface area (Å²) in [7, 11) is 0. The second-order valence-electron chi connectivity index (χ2n) is 3.21. The number of hydrogen-bond acceptors (Lipinski definition) is 1. The van der Waals surface area contributed by atoms with Crippen LogP contribution in [0, 0.1) is 0 Å². The van der Waals surface area contributed by atoms with Gasteiger partial charge in [0.1, 0.15) is 0 Å². The number of aromatic amines is 1. The molecule has 0 aliphatic rings. The van der Waals surface area contributed by atoms with Crippen molar-refractivity contribution in [3.63, 3.8) is 0 Å². The second-order valence-corrected chi connectivity index (χ2v) is 3.21. The van der Waals surface area contributed by atoms with Crippen LogP contribution in [-0.2, 0) is 0 Å². The van der Waals surface area contributed by atoms with Crippen molar-refractivity contribution in [1.29, 1.82) is 0 Å². The minimum atomic E-state index is -0.348. The summed E-state index contributed by atoms with van der Waals surface area (Å²) >= 11 is 0. The Hall–Kier alpha value is -1.28. The Morgan fingerprint density at radius 2 is 2.23 bits per heavy atom. The van der Waals surface area contributed by atoms with E-state index in [1.807, 2.05) is 37.4 Å². The van der Waals surface area contributed by atoms with Crippen LogP contribution in [0.3, 0.4) is 0 Å². The van der Waals surface area contributed by atoms with Gasteiger partial charge >= 0.3 is 0 Å². The number of aliphatic hydroxyl groups excluding tert-OH is 1. The third-order valence-corrected chi connectivity index (χ3v) is 2.37. The summed E-state index contributed by atoms with van der Waals surface area (Å²) in [5, 5.41) is 10.9. The molecule has 1 aromatic carbocycles. The largest absolute Gasteiger partial charge is 0.388 e. The van der Waals surface area contributed by atoms with E-state index in [1.165, 1.54) is 0 Å². The van der Waals surface area contributed by atoms with Gasteiger partial charge in [0, 0.05) is 17.1 Å². The minimum absolute atomic E-state index is 0.348. The van der Waals surface area contributed by atoms with Crippen molar-refractivity contribution in [1.82, 2.24) is 4.98 Å². The van der Waals surface area contributed by atoms with E-state index in [2.05, 4.69) is 4.98 Å². The summed E-state index contributed by atoms with van der Waals surface area (Å²) < 4.78 is 0. The minimum Gasteiger partial charge on any atom is -0.388 e. The lowest BCUT2D eigenvalue weighted by Crippen LogP contribution is -1.94. The van der Waals surface area contributed by atoms with E-state index < -0.39 is 0 Å². The Kier molecular flexibility index (Phi) is 2.07. The first-order chi connectivity index (χ1) is 6.33. The molecule has 1 unspecified atom stereocenters. The average molecular weight is 175 g/mol. The zero-order valence-electron chi connectivity index (χ0n) is 7.62. The van der Waals surface area contributed by atoms with Crippen LogP contribution in [0.4, 0.5) is 0 Å². The van der Waals surface area contributed by atoms with Crippen molar-refractivity contribution in [2.24, 2.45) is 0 Å². The van der Waals surface area contributed by atoms with Gasteiger partial charge in [0.05, 0.1) is 6.10 Å². The van der Waals surface area contributed by atoms with Crippen molar-refractivity contribution in [3.8, 4) is 0 Å². The zero-order valence-corrected chi connectivity index (χ0v) is 7.62. The number of aromatic nitrogens is 1. The Labute approximate surface area is 77.2 Å². The fraction of sp³-hybridized carbons (Fsp3) is 0.273. The van der Waals surface area contributed by atoms with E-state index in [9.17, 15) is 5.11 Å². The summed E-state index contributed by atoms with van der Waals surface area (Å²) in [4.78, 5) is 3.13. The van der Waals surface area contributed by atoms with Crippen LogP contribution in [0.5, 0.6) is 0 Å². The number of aliphatic hydroxyl groups is 1. The number of fused-ring (bicyclic) bond motifs is 1. The predicted octanol–water partition coefficient (Wildman–Crippen LogP) is 2.61. The number of hydrogen-bond donors (Lipinski definition) is 2. The normalized spacial score (nSPS) is 13.4. The number of benzene rings is 1. The maximum atomic E-state index is 9.73. The lowest BCUT2D eigenvalue weighted by molar-refractivity contribution is 0.175. The molecule has 68 valence electrons. The summed E-state index contributed by atoms with van der Waals surface area (Å²) in [5.74, 6) is 0. The van der Waals surface area contributed by atoms with Gasteiger partial charge in [0.25, 0.3) is 0 Å².